The average molecular weight is 226 g/mol. The van der Waals surface area contributed by atoms with Crippen LogP contribution in [0.3, 0.4) is 0 Å². The van der Waals surface area contributed by atoms with E-state index in [2.05, 4.69) is 52.9 Å². The van der Waals surface area contributed by atoms with E-state index in [1.165, 1.54) is 11.3 Å². The first kappa shape index (κ1) is 12.0. The summed E-state index contributed by atoms with van der Waals surface area (Å²) in [6.07, 6.45) is 1.18. The van der Waals surface area contributed by atoms with Crippen molar-refractivity contribution in [3.05, 3.63) is 17.0 Å². The summed E-state index contributed by atoms with van der Waals surface area (Å²) < 4.78 is 1.65. The summed E-state index contributed by atoms with van der Waals surface area (Å²) in [5.74, 6) is 0. The van der Waals surface area contributed by atoms with Gasteiger partial charge in [0, 0.05) is 4.88 Å². The second-order valence-electron chi connectivity index (χ2n) is 5.49. The van der Waals surface area contributed by atoms with E-state index in [1.807, 2.05) is 11.3 Å². The quantitative estimate of drug-likeness (QED) is 0.668. The van der Waals surface area contributed by atoms with Gasteiger partial charge in [-0.1, -0.05) is 46.9 Å². The molecule has 1 rings (SSSR count). The molecule has 80 valence electrons. The fourth-order valence-corrected chi connectivity index (χ4v) is 5.54. The molecule has 0 radical (unpaired) electrons. The molecule has 0 unspecified atom stereocenters. The van der Waals surface area contributed by atoms with Gasteiger partial charge in [-0.2, -0.15) is 11.3 Å². The van der Waals surface area contributed by atoms with Gasteiger partial charge in [0.25, 0.3) is 0 Å². The summed E-state index contributed by atoms with van der Waals surface area (Å²) in [7, 11) is -1.26. The lowest BCUT2D eigenvalue weighted by Gasteiger charge is -2.35. The van der Waals surface area contributed by atoms with Gasteiger partial charge < -0.3 is 0 Å². The van der Waals surface area contributed by atoms with Crippen molar-refractivity contribution in [2.24, 2.45) is 0 Å². The Balaban J connectivity index is 3.04. The van der Waals surface area contributed by atoms with Crippen molar-refractivity contribution in [3.63, 3.8) is 0 Å². The van der Waals surface area contributed by atoms with Gasteiger partial charge in [0.1, 0.15) is 0 Å². The molecule has 0 aliphatic heterocycles. The average Bonchev–Trinajstić information content (AvgIpc) is 2.49. The largest absolute Gasteiger partial charge is 0.150 e. The first-order valence-corrected chi connectivity index (χ1v) is 9.20. The highest BCUT2D eigenvalue weighted by Gasteiger charge is 2.37. The molecule has 2 heteroatoms. The molecule has 0 saturated carbocycles. The zero-order valence-corrected chi connectivity index (χ0v) is 12.1. The van der Waals surface area contributed by atoms with Crippen LogP contribution in [0.4, 0.5) is 0 Å². The molecular formula is C12H22SSi. The van der Waals surface area contributed by atoms with Crippen LogP contribution in [-0.2, 0) is 6.42 Å². The molecule has 0 spiro atoms. The Hall–Kier alpha value is -0.0831. The third-order valence-corrected chi connectivity index (χ3v) is 11.5. The monoisotopic (exact) mass is 226 g/mol. The Bertz CT molecular complexity index is 304. The van der Waals surface area contributed by atoms with Crippen molar-refractivity contribution in [3.8, 4) is 0 Å². The predicted octanol–water partition coefficient (Wildman–Crippen LogP) is 4.03. The van der Waals surface area contributed by atoms with Crippen molar-refractivity contribution in [2.45, 2.75) is 52.2 Å². The molecule has 0 aliphatic carbocycles. The molecule has 0 fully saturated rings. The fourth-order valence-electron chi connectivity index (χ4n) is 1.27. The maximum absolute atomic E-state index is 2.48. The summed E-state index contributed by atoms with van der Waals surface area (Å²) in [5.41, 5.74) is 0. The van der Waals surface area contributed by atoms with Crippen molar-refractivity contribution in [1.82, 2.24) is 0 Å². The minimum absolute atomic E-state index is 0.461. The maximum atomic E-state index is 2.48. The Morgan fingerprint density at radius 2 is 1.79 bits per heavy atom. The van der Waals surface area contributed by atoms with E-state index in [1.54, 1.807) is 4.50 Å². The van der Waals surface area contributed by atoms with Crippen LogP contribution in [0.5, 0.6) is 0 Å². The molecule has 0 bridgehead atoms. The summed E-state index contributed by atoms with van der Waals surface area (Å²) in [6, 6.07) is 4.67. The van der Waals surface area contributed by atoms with Gasteiger partial charge in [-0.15, -0.1) is 0 Å². The molecule has 0 atom stereocenters. The third kappa shape index (κ3) is 2.11. The number of hydrogen-bond donors (Lipinski definition) is 0. The standard InChI is InChI=1S/C12H22SSi/c1-7-10-8-9-11(13-10)14(5,6)12(2,3)4/h8-9H,7H2,1-6H3. The smallest absolute Gasteiger partial charge is 0.0987 e. The van der Waals surface area contributed by atoms with Gasteiger partial charge in [-0.3, -0.25) is 0 Å². The Labute approximate surface area is 93.4 Å². The molecular weight excluding hydrogens is 204 g/mol. The lowest BCUT2D eigenvalue weighted by molar-refractivity contribution is 0.730. The first-order valence-electron chi connectivity index (χ1n) is 5.38. The molecule has 0 aromatic carbocycles. The van der Waals surface area contributed by atoms with Crippen LogP contribution >= 0.6 is 11.3 Å². The second kappa shape index (κ2) is 3.82. The highest BCUT2D eigenvalue weighted by atomic mass is 32.1. The van der Waals surface area contributed by atoms with Crippen LogP contribution in [0.2, 0.25) is 18.1 Å². The topological polar surface area (TPSA) is 0 Å². The van der Waals surface area contributed by atoms with Gasteiger partial charge >= 0.3 is 0 Å². The minimum atomic E-state index is -1.26. The van der Waals surface area contributed by atoms with E-state index in [-0.39, 0.29) is 0 Å². The van der Waals surface area contributed by atoms with Crippen molar-refractivity contribution in [2.75, 3.05) is 0 Å². The first-order chi connectivity index (χ1) is 6.29. The van der Waals surface area contributed by atoms with Gasteiger partial charge in [-0.05, 0) is 22.0 Å². The normalized spacial score (nSPS) is 13.3. The van der Waals surface area contributed by atoms with E-state index >= 15 is 0 Å². The maximum Gasteiger partial charge on any atom is 0.0987 e. The molecule has 0 N–H and O–H groups in total. The van der Waals surface area contributed by atoms with Gasteiger partial charge in [0.2, 0.25) is 0 Å². The van der Waals surface area contributed by atoms with Gasteiger partial charge in [0.15, 0.2) is 0 Å². The Morgan fingerprint density at radius 1 is 1.21 bits per heavy atom. The molecule has 1 aromatic heterocycles. The molecule has 0 saturated heterocycles. The Morgan fingerprint density at radius 3 is 2.14 bits per heavy atom. The summed E-state index contributed by atoms with van der Waals surface area (Å²) in [4.78, 5) is 1.53. The summed E-state index contributed by atoms with van der Waals surface area (Å²) in [6.45, 7) is 14.3. The van der Waals surface area contributed by atoms with Crippen molar-refractivity contribution < 1.29 is 0 Å². The van der Waals surface area contributed by atoms with Crippen LogP contribution in [0, 0.1) is 0 Å². The van der Waals surface area contributed by atoms with E-state index in [0.717, 1.165) is 0 Å². The molecule has 1 heterocycles. The number of thiophene rings is 1. The third-order valence-electron chi connectivity index (χ3n) is 3.50. The lowest BCUT2D eigenvalue weighted by atomic mass is 10.2. The number of rotatable bonds is 2. The van der Waals surface area contributed by atoms with E-state index in [9.17, 15) is 0 Å². The lowest BCUT2D eigenvalue weighted by Crippen LogP contribution is -2.47. The number of hydrogen-bond acceptors (Lipinski definition) is 1. The van der Waals surface area contributed by atoms with Crippen LogP contribution in [0.15, 0.2) is 12.1 Å². The van der Waals surface area contributed by atoms with Crippen molar-refractivity contribution >= 4 is 23.9 Å². The highest BCUT2D eigenvalue weighted by Crippen LogP contribution is 2.36. The Kier molecular flexibility index (Phi) is 3.27. The molecule has 14 heavy (non-hydrogen) atoms. The second-order valence-corrected chi connectivity index (χ2v) is 12.3. The van der Waals surface area contributed by atoms with E-state index < -0.39 is 8.07 Å². The van der Waals surface area contributed by atoms with Crippen LogP contribution in [0.25, 0.3) is 0 Å². The molecule has 0 nitrogen and oxygen atoms in total. The summed E-state index contributed by atoms with van der Waals surface area (Å²) in [5, 5.41) is 0.461. The van der Waals surface area contributed by atoms with Crippen LogP contribution < -0.4 is 4.50 Å². The predicted molar refractivity (Wildman–Crippen MR) is 70.5 cm³/mol. The van der Waals surface area contributed by atoms with Gasteiger partial charge in [0.05, 0.1) is 8.07 Å². The highest BCUT2D eigenvalue weighted by molar-refractivity contribution is 7.27. The zero-order valence-electron chi connectivity index (χ0n) is 10.3. The van der Waals surface area contributed by atoms with Gasteiger partial charge in [-0.25, -0.2) is 0 Å². The molecule has 1 aromatic rings. The summed E-state index contributed by atoms with van der Waals surface area (Å²) >= 11 is 2.03. The van der Waals surface area contributed by atoms with E-state index in [4.69, 9.17) is 0 Å². The molecule has 0 aliphatic rings. The molecule has 0 amide bonds. The fraction of sp³-hybridized carbons (Fsp3) is 0.667. The number of aryl methyl sites for hydroxylation is 1. The van der Waals surface area contributed by atoms with E-state index in [0.29, 0.717) is 5.04 Å². The van der Waals surface area contributed by atoms with Crippen LogP contribution in [-0.4, -0.2) is 8.07 Å². The van der Waals surface area contributed by atoms with Crippen molar-refractivity contribution in [1.29, 1.82) is 0 Å². The van der Waals surface area contributed by atoms with Crippen LogP contribution in [0.1, 0.15) is 32.6 Å². The minimum Gasteiger partial charge on any atom is -0.150 e. The SMILES string of the molecule is CCc1ccc([Si](C)(C)C(C)(C)C)s1. The zero-order chi connectivity index (χ0) is 11.0.